The monoisotopic (exact) mass is 274 g/mol. The quantitative estimate of drug-likeness (QED) is 0.883. The summed E-state index contributed by atoms with van der Waals surface area (Å²) in [4.78, 5) is 23.6. The number of hydrogen-bond acceptors (Lipinski definition) is 2. The lowest BCUT2D eigenvalue weighted by molar-refractivity contribution is -0.119. The molecule has 0 aromatic heterocycles. The van der Waals surface area contributed by atoms with Crippen LogP contribution in [0.5, 0.6) is 0 Å². The number of amides is 2. The molecule has 1 fully saturated rings. The van der Waals surface area contributed by atoms with Crippen molar-refractivity contribution in [2.75, 3.05) is 10.6 Å². The van der Waals surface area contributed by atoms with Crippen LogP contribution in [0.1, 0.15) is 44.6 Å². The molecular formula is C16H22N2O2. The molecular weight excluding hydrogens is 252 g/mol. The molecule has 2 amide bonds. The second kappa shape index (κ2) is 6.55. The Morgan fingerprint density at radius 2 is 1.90 bits per heavy atom. The second-order valence-electron chi connectivity index (χ2n) is 5.40. The lowest BCUT2D eigenvalue weighted by Crippen LogP contribution is -2.20. The highest BCUT2D eigenvalue weighted by molar-refractivity contribution is 5.95. The third-order valence-corrected chi connectivity index (χ3v) is 3.83. The van der Waals surface area contributed by atoms with Crippen LogP contribution in [0.4, 0.5) is 11.4 Å². The number of benzene rings is 1. The van der Waals surface area contributed by atoms with Crippen molar-refractivity contribution in [3.05, 3.63) is 23.8 Å². The first-order valence-corrected chi connectivity index (χ1v) is 7.31. The molecule has 0 spiro atoms. The van der Waals surface area contributed by atoms with Crippen LogP contribution in [0.15, 0.2) is 18.2 Å². The summed E-state index contributed by atoms with van der Waals surface area (Å²) in [6, 6.07) is 5.62. The number of anilines is 2. The van der Waals surface area contributed by atoms with Gasteiger partial charge in [0, 0.05) is 23.7 Å². The number of aryl methyl sites for hydroxylation is 1. The van der Waals surface area contributed by atoms with Crippen LogP contribution in [0, 0.1) is 12.8 Å². The van der Waals surface area contributed by atoms with Crippen LogP contribution < -0.4 is 10.6 Å². The molecule has 1 aromatic rings. The first-order valence-electron chi connectivity index (χ1n) is 7.31. The molecule has 1 aliphatic carbocycles. The van der Waals surface area contributed by atoms with E-state index >= 15 is 0 Å². The molecule has 1 saturated carbocycles. The molecule has 0 bridgehead atoms. The summed E-state index contributed by atoms with van der Waals surface area (Å²) in [5.74, 6) is 0.219. The molecule has 4 nitrogen and oxygen atoms in total. The zero-order chi connectivity index (χ0) is 14.5. The van der Waals surface area contributed by atoms with E-state index in [2.05, 4.69) is 10.6 Å². The molecule has 2 N–H and O–H groups in total. The van der Waals surface area contributed by atoms with Crippen molar-refractivity contribution in [2.24, 2.45) is 5.92 Å². The zero-order valence-corrected chi connectivity index (χ0v) is 12.2. The number of nitrogens with one attached hydrogen (secondary N) is 2. The van der Waals surface area contributed by atoms with E-state index in [1.807, 2.05) is 32.0 Å². The second-order valence-corrected chi connectivity index (χ2v) is 5.40. The minimum absolute atomic E-state index is 0.0210. The van der Waals surface area contributed by atoms with Crippen LogP contribution in [0.2, 0.25) is 0 Å². The third kappa shape index (κ3) is 3.59. The van der Waals surface area contributed by atoms with Crippen molar-refractivity contribution in [2.45, 2.75) is 46.0 Å². The fourth-order valence-corrected chi connectivity index (χ4v) is 2.51. The SMILES string of the molecule is CCC(=O)Nc1cc(NC(=O)C2CCCC2)ccc1C. The summed E-state index contributed by atoms with van der Waals surface area (Å²) in [6.07, 6.45) is 4.69. The predicted molar refractivity (Wildman–Crippen MR) is 80.7 cm³/mol. The Hall–Kier alpha value is -1.84. The summed E-state index contributed by atoms with van der Waals surface area (Å²) < 4.78 is 0. The maximum absolute atomic E-state index is 12.1. The highest BCUT2D eigenvalue weighted by Crippen LogP contribution is 2.27. The Balaban J connectivity index is 2.06. The number of carbonyl (C=O) groups excluding carboxylic acids is 2. The van der Waals surface area contributed by atoms with Gasteiger partial charge >= 0.3 is 0 Å². The summed E-state index contributed by atoms with van der Waals surface area (Å²) in [5, 5.41) is 5.81. The third-order valence-electron chi connectivity index (χ3n) is 3.83. The van der Waals surface area contributed by atoms with Gasteiger partial charge in [0.15, 0.2) is 0 Å². The van der Waals surface area contributed by atoms with Crippen molar-refractivity contribution < 1.29 is 9.59 Å². The fraction of sp³-hybridized carbons (Fsp3) is 0.500. The van der Waals surface area contributed by atoms with Crippen LogP contribution in [-0.4, -0.2) is 11.8 Å². The molecule has 0 heterocycles. The van der Waals surface area contributed by atoms with Gasteiger partial charge in [0.25, 0.3) is 0 Å². The molecule has 0 aliphatic heterocycles. The van der Waals surface area contributed by atoms with E-state index in [-0.39, 0.29) is 17.7 Å². The maximum Gasteiger partial charge on any atom is 0.227 e. The largest absolute Gasteiger partial charge is 0.326 e. The molecule has 0 unspecified atom stereocenters. The maximum atomic E-state index is 12.1. The van der Waals surface area contributed by atoms with E-state index in [9.17, 15) is 9.59 Å². The normalized spacial score (nSPS) is 15.1. The molecule has 1 aliphatic rings. The van der Waals surface area contributed by atoms with Gasteiger partial charge in [-0.1, -0.05) is 25.8 Å². The van der Waals surface area contributed by atoms with Gasteiger partial charge in [0.05, 0.1) is 0 Å². The molecule has 20 heavy (non-hydrogen) atoms. The van der Waals surface area contributed by atoms with Gasteiger partial charge in [-0.15, -0.1) is 0 Å². The Kier molecular flexibility index (Phi) is 4.77. The van der Waals surface area contributed by atoms with Gasteiger partial charge in [-0.3, -0.25) is 9.59 Å². The van der Waals surface area contributed by atoms with Crippen LogP contribution in [0.3, 0.4) is 0 Å². The highest BCUT2D eigenvalue weighted by Gasteiger charge is 2.22. The van der Waals surface area contributed by atoms with Crippen molar-refractivity contribution >= 4 is 23.2 Å². The fourth-order valence-electron chi connectivity index (χ4n) is 2.51. The van der Waals surface area contributed by atoms with E-state index in [1.54, 1.807) is 0 Å². The molecule has 1 aromatic carbocycles. The van der Waals surface area contributed by atoms with Gasteiger partial charge in [-0.05, 0) is 37.5 Å². The van der Waals surface area contributed by atoms with Gasteiger partial charge in [0.2, 0.25) is 11.8 Å². The summed E-state index contributed by atoms with van der Waals surface area (Å²) >= 11 is 0. The number of hydrogen-bond donors (Lipinski definition) is 2. The minimum Gasteiger partial charge on any atom is -0.326 e. The van der Waals surface area contributed by atoms with E-state index in [1.165, 1.54) is 0 Å². The summed E-state index contributed by atoms with van der Waals surface area (Å²) in [6.45, 7) is 3.75. The summed E-state index contributed by atoms with van der Waals surface area (Å²) in [7, 11) is 0. The van der Waals surface area contributed by atoms with E-state index in [0.29, 0.717) is 6.42 Å². The van der Waals surface area contributed by atoms with Crippen molar-refractivity contribution in [1.29, 1.82) is 0 Å². The number of rotatable bonds is 4. The predicted octanol–water partition coefficient (Wildman–Crippen LogP) is 3.47. The Labute approximate surface area is 119 Å². The standard InChI is InChI=1S/C16H22N2O2/c1-3-15(19)18-14-10-13(9-8-11(14)2)17-16(20)12-6-4-5-7-12/h8-10,12H,3-7H2,1-2H3,(H,17,20)(H,18,19). The Bertz CT molecular complexity index is 505. The smallest absolute Gasteiger partial charge is 0.227 e. The van der Waals surface area contributed by atoms with E-state index < -0.39 is 0 Å². The van der Waals surface area contributed by atoms with Gasteiger partial charge in [0.1, 0.15) is 0 Å². The van der Waals surface area contributed by atoms with Crippen molar-refractivity contribution in [1.82, 2.24) is 0 Å². The van der Waals surface area contributed by atoms with Crippen molar-refractivity contribution in [3.63, 3.8) is 0 Å². The summed E-state index contributed by atoms with van der Waals surface area (Å²) in [5.41, 5.74) is 2.51. The average Bonchev–Trinajstić information content (AvgIpc) is 2.96. The molecule has 108 valence electrons. The Morgan fingerprint density at radius 3 is 2.55 bits per heavy atom. The molecule has 4 heteroatoms. The highest BCUT2D eigenvalue weighted by atomic mass is 16.2. The molecule has 0 saturated heterocycles. The topological polar surface area (TPSA) is 58.2 Å². The van der Waals surface area contributed by atoms with Crippen molar-refractivity contribution in [3.8, 4) is 0 Å². The van der Waals surface area contributed by atoms with Crippen LogP contribution in [-0.2, 0) is 9.59 Å². The van der Waals surface area contributed by atoms with Crippen LogP contribution in [0.25, 0.3) is 0 Å². The lowest BCUT2D eigenvalue weighted by Gasteiger charge is -2.13. The lowest BCUT2D eigenvalue weighted by atomic mass is 10.1. The average molecular weight is 274 g/mol. The van der Waals surface area contributed by atoms with E-state index in [4.69, 9.17) is 0 Å². The van der Waals surface area contributed by atoms with Gasteiger partial charge < -0.3 is 10.6 Å². The Morgan fingerprint density at radius 1 is 1.20 bits per heavy atom. The molecule has 0 atom stereocenters. The first kappa shape index (κ1) is 14.6. The van der Waals surface area contributed by atoms with Gasteiger partial charge in [-0.25, -0.2) is 0 Å². The number of carbonyl (C=O) groups is 2. The zero-order valence-electron chi connectivity index (χ0n) is 12.2. The molecule has 0 radical (unpaired) electrons. The first-order chi connectivity index (χ1) is 9.60. The molecule has 2 rings (SSSR count). The minimum atomic E-state index is -0.0210. The van der Waals surface area contributed by atoms with Crippen LogP contribution >= 0.6 is 0 Å². The van der Waals surface area contributed by atoms with E-state index in [0.717, 1.165) is 42.6 Å². The van der Waals surface area contributed by atoms with Gasteiger partial charge in [-0.2, -0.15) is 0 Å².